The van der Waals surface area contributed by atoms with E-state index >= 15 is 0 Å². The number of fused-ring (bicyclic) bond motifs is 2. The number of hydrogen-bond acceptors (Lipinski definition) is 5. The van der Waals surface area contributed by atoms with Crippen molar-refractivity contribution in [1.29, 1.82) is 0 Å². The summed E-state index contributed by atoms with van der Waals surface area (Å²) in [5.41, 5.74) is -0.274. The Balaban J connectivity index is 1.40. The van der Waals surface area contributed by atoms with Crippen molar-refractivity contribution < 1.29 is 26.7 Å². The molecule has 2 saturated heterocycles. The Labute approximate surface area is 192 Å². The number of ether oxygens (including phenoxy) is 1. The fraction of sp³-hybridized carbons (Fsp3) is 0.458. The van der Waals surface area contributed by atoms with Crippen molar-refractivity contribution in [3.63, 3.8) is 0 Å². The molecule has 33 heavy (non-hydrogen) atoms. The third kappa shape index (κ3) is 4.98. The van der Waals surface area contributed by atoms with Crippen molar-refractivity contribution in [3.05, 3.63) is 54.1 Å². The first-order chi connectivity index (χ1) is 15.4. The van der Waals surface area contributed by atoms with Gasteiger partial charge in [0.2, 0.25) is 0 Å². The van der Waals surface area contributed by atoms with Crippen LogP contribution >= 0.6 is 0 Å². The highest BCUT2D eigenvalue weighted by Gasteiger charge is 2.42. The molecule has 2 bridgehead atoms. The van der Waals surface area contributed by atoms with E-state index in [1.54, 1.807) is 26.0 Å². The van der Waals surface area contributed by atoms with E-state index in [0.717, 1.165) is 43.5 Å². The molecule has 0 unspecified atom stereocenters. The molecule has 2 aromatic rings. The predicted molar refractivity (Wildman–Crippen MR) is 121 cm³/mol. The highest BCUT2D eigenvalue weighted by atomic mass is 32.2. The second-order valence-electron chi connectivity index (χ2n) is 9.39. The third-order valence-corrected chi connectivity index (χ3v) is 7.57. The largest absolute Gasteiger partial charge is 0.478 e. The minimum absolute atomic E-state index is 0.0330. The number of nitrogens with zero attached hydrogens (tertiary/aromatic N) is 1. The van der Waals surface area contributed by atoms with Gasteiger partial charge in [-0.1, -0.05) is 0 Å². The number of anilines is 1. The Kier molecular flexibility index (Phi) is 6.11. The molecule has 1 N–H and O–H groups in total. The lowest BCUT2D eigenvalue weighted by atomic mass is 9.95. The zero-order valence-electron chi connectivity index (χ0n) is 18.8. The van der Waals surface area contributed by atoms with Gasteiger partial charge in [-0.05, 0) is 75.9 Å². The molecule has 2 aromatic carbocycles. The minimum Gasteiger partial charge on any atom is -0.478 e. The molecule has 0 saturated carbocycles. The summed E-state index contributed by atoms with van der Waals surface area (Å²) in [5, 5.41) is 3.07. The van der Waals surface area contributed by atoms with Gasteiger partial charge in [-0.25, -0.2) is 17.2 Å². The molecule has 0 aromatic heterocycles. The van der Waals surface area contributed by atoms with Gasteiger partial charge in [0.1, 0.15) is 5.75 Å². The number of amides is 1. The molecule has 2 heterocycles. The van der Waals surface area contributed by atoms with Gasteiger partial charge < -0.3 is 15.0 Å². The van der Waals surface area contributed by atoms with Gasteiger partial charge >= 0.3 is 0 Å². The van der Waals surface area contributed by atoms with Gasteiger partial charge in [0.05, 0.1) is 4.90 Å². The summed E-state index contributed by atoms with van der Waals surface area (Å²) in [4.78, 5) is 15.6. The number of rotatable bonds is 6. The van der Waals surface area contributed by atoms with Crippen LogP contribution < -0.4 is 15.0 Å². The molecular formula is C24H28F2N2O4S. The summed E-state index contributed by atoms with van der Waals surface area (Å²) in [5.74, 6) is -2.24. The molecule has 1 amide bonds. The number of nitrogens with one attached hydrogen (secondary N) is 1. The number of hydrogen-bond donors (Lipinski definition) is 1. The Morgan fingerprint density at radius 2 is 1.64 bits per heavy atom. The van der Waals surface area contributed by atoms with E-state index in [2.05, 4.69) is 10.2 Å². The lowest BCUT2D eigenvalue weighted by molar-refractivity contribution is -0.135. The van der Waals surface area contributed by atoms with Crippen molar-refractivity contribution in [1.82, 2.24) is 5.32 Å². The molecule has 4 rings (SSSR count). The quantitative estimate of drug-likeness (QED) is 0.683. The maximum atomic E-state index is 13.5. The van der Waals surface area contributed by atoms with E-state index in [-0.39, 0.29) is 29.8 Å². The van der Waals surface area contributed by atoms with Crippen molar-refractivity contribution in [2.24, 2.45) is 0 Å². The standard InChI is InChI=1S/C24H28F2N2O4S/c1-24(2,32-19-8-11-21(25)22(26)14-19)23(29)27-15-12-17-4-5-18(13-15)28(17)16-6-9-20(10-7-16)33(3,30)31/h6-11,14-15,17-18H,4-5,12-13H2,1-3H3,(H,27,29)/t15-,17+,18-. The first kappa shape index (κ1) is 23.5. The van der Waals surface area contributed by atoms with Crippen LogP contribution in [0.3, 0.4) is 0 Å². The predicted octanol–water partition coefficient (Wildman–Crippen LogP) is 3.84. The zero-order valence-corrected chi connectivity index (χ0v) is 19.7. The molecule has 2 aliphatic rings. The summed E-state index contributed by atoms with van der Waals surface area (Å²) in [6.45, 7) is 3.19. The molecule has 2 fully saturated rings. The van der Waals surface area contributed by atoms with Gasteiger partial charge in [0.15, 0.2) is 27.1 Å². The van der Waals surface area contributed by atoms with Crippen LogP contribution in [-0.4, -0.2) is 44.3 Å². The molecular weight excluding hydrogens is 450 g/mol. The van der Waals surface area contributed by atoms with Crippen LogP contribution in [-0.2, 0) is 14.6 Å². The van der Waals surface area contributed by atoms with E-state index in [1.807, 2.05) is 12.1 Å². The SMILES string of the molecule is CC(C)(Oc1ccc(F)c(F)c1)C(=O)N[C@H]1C[C@H]2CC[C@@H](C1)N2c1ccc(S(C)(=O)=O)cc1. The summed E-state index contributed by atoms with van der Waals surface area (Å²) < 4.78 is 55.8. The molecule has 2 aliphatic heterocycles. The van der Waals surface area contributed by atoms with Crippen LogP contribution in [0, 0.1) is 11.6 Å². The van der Waals surface area contributed by atoms with Crippen LogP contribution in [0.25, 0.3) is 0 Å². The summed E-state index contributed by atoms with van der Waals surface area (Å²) in [7, 11) is -3.24. The molecule has 6 nitrogen and oxygen atoms in total. The monoisotopic (exact) mass is 478 g/mol. The molecule has 0 radical (unpaired) electrons. The highest BCUT2D eigenvalue weighted by Crippen LogP contribution is 2.39. The van der Waals surface area contributed by atoms with E-state index in [1.165, 1.54) is 12.3 Å². The number of benzene rings is 2. The molecule has 178 valence electrons. The smallest absolute Gasteiger partial charge is 0.263 e. The Bertz CT molecular complexity index is 1140. The summed E-state index contributed by atoms with van der Waals surface area (Å²) >= 11 is 0. The van der Waals surface area contributed by atoms with Crippen LogP contribution in [0.1, 0.15) is 39.5 Å². The van der Waals surface area contributed by atoms with Crippen molar-refractivity contribution in [2.75, 3.05) is 11.2 Å². The van der Waals surface area contributed by atoms with Gasteiger partial charge in [0.25, 0.3) is 5.91 Å². The van der Waals surface area contributed by atoms with Gasteiger partial charge in [-0.2, -0.15) is 0 Å². The highest BCUT2D eigenvalue weighted by molar-refractivity contribution is 7.90. The van der Waals surface area contributed by atoms with E-state index in [0.29, 0.717) is 4.90 Å². The number of carbonyl (C=O) groups excluding carboxylic acids is 1. The minimum atomic E-state index is -3.24. The Hall–Kier alpha value is -2.68. The maximum absolute atomic E-state index is 13.5. The Morgan fingerprint density at radius 3 is 2.18 bits per heavy atom. The second kappa shape index (κ2) is 8.59. The van der Waals surface area contributed by atoms with Gasteiger partial charge in [-0.3, -0.25) is 4.79 Å². The van der Waals surface area contributed by atoms with E-state index < -0.39 is 27.1 Å². The maximum Gasteiger partial charge on any atom is 0.263 e. The number of piperidine rings is 1. The normalized spacial score (nSPS) is 22.8. The van der Waals surface area contributed by atoms with Crippen LogP contribution in [0.5, 0.6) is 5.75 Å². The van der Waals surface area contributed by atoms with Crippen LogP contribution in [0.4, 0.5) is 14.5 Å². The van der Waals surface area contributed by atoms with Crippen molar-refractivity contribution in [2.45, 2.75) is 68.2 Å². The van der Waals surface area contributed by atoms with Crippen LogP contribution in [0.15, 0.2) is 47.4 Å². The number of carbonyl (C=O) groups is 1. The van der Waals surface area contributed by atoms with Gasteiger partial charge in [0, 0.05) is 36.1 Å². The first-order valence-electron chi connectivity index (χ1n) is 11.0. The lowest BCUT2D eigenvalue weighted by Crippen LogP contribution is -2.55. The van der Waals surface area contributed by atoms with Crippen molar-refractivity contribution >= 4 is 21.4 Å². The topological polar surface area (TPSA) is 75.7 Å². The van der Waals surface area contributed by atoms with E-state index in [4.69, 9.17) is 4.74 Å². The number of sulfone groups is 1. The second-order valence-corrected chi connectivity index (χ2v) is 11.4. The fourth-order valence-electron chi connectivity index (χ4n) is 4.82. The van der Waals surface area contributed by atoms with E-state index in [9.17, 15) is 22.0 Å². The van der Waals surface area contributed by atoms with Crippen molar-refractivity contribution in [3.8, 4) is 5.75 Å². The third-order valence-electron chi connectivity index (χ3n) is 6.44. The van der Waals surface area contributed by atoms with Crippen LogP contribution in [0.2, 0.25) is 0 Å². The zero-order chi connectivity index (χ0) is 24.0. The van der Waals surface area contributed by atoms with Gasteiger partial charge in [-0.15, -0.1) is 0 Å². The fourth-order valence-corrected chi connectivity index (χ4v) is 5.45. The lowest BCUT2D eigenvalue weighted by Gasteiger charge is -2.41. The number of halogens is 2. The molecule has 0 spiro atoms. The molecule has 9 heteroatoms. The summed E-state index contributed by atoms with van der Waals surface area (Å²) in [6.07, 6.45) is 4.71. The molecule has 3 atom stereocenters. The first-order valence-corrected chi connectivity index (χ1v) is 12.9. The summed E-state index contributed by atoms with van der Waals surface area (Å²) in [6, 6.07) is 10.6. The molecule has 0 aliphatic carbocycles. The Morgan fingerprint density at radius 1 is 1.03 bits per heavy atom. The average Bonchev–Trinajstić information content (AvgIpc) is 3.00. The average molecular weight is 479 g/mol.